The van der Waals surface area contributed by atoms with Crippen LogP contribution < -0.4 is 5.32 Å². The number of ether oxygens (including phenoxy) is 2. The van der Waals surface area contributed by atoms with Gasteiger partial charge in [-0.3, -0.25) is 4.99 Å². The van der Waals surface area contributed by atoms with Crippen molar-refractivity contribution in [3.05, 3.63) is 0 Å². The first-order chi connectivity index (χ1) is 8.74. The highest BCUT2D eigenvalue weighted by Gasteiger charge is 2.26. The summed E-state index contributed by atoms with van der Waals surface area (Å²) in [5.41, 5.74) is 0. The summed E-state index contributed by atoms with van der Waals surface area (Å²) >= 11 is 1.88. The Labute approximate surface area is 115 Å². The van der Waals surface area contributed by atoms with Crippen LogP contribution >= 0.6 is 11.8 Å². The summed E-state index contributed by atoms with van der Waals surface area (Å²) in [4.78, 5) is 4.57. The highest BCUT2D eigenvalue weighted by Crippen LogP contribution is 2.30. The monoisotopic (exact) mass is 274 g/mol. The Hall–Kier alpha value is -0.260. The minimum absolute atomic E-state index is 0.0884. The minimum Gasteiger partial charge on any atom is -0.382 e. The second-order valence-corrected chi connectivity index (χ2v) is 5.80. The summed E-state index contributed by atoms with van der Waals surface area (Å²) in [6.07, 6.45) is 2.56. The van der Waals surface area contributed by atoms with Crippen molar-refractivity contribution in [2.75, 3.05) is 33.9 Å². The summed E-state index contributed by atoms with van der Waals surface area (Å²) in [7, 11) is 3.40. The summed E-state index contributed by atoms with van der Waals surface area (Å²) in [5.74, 6) is 0.773. The van der Waals surface area contributed by atoms with Crippen LogP contribution in [0, 0.1) is 5.92 Å². The van der Waals surface area contributed by atoms with Crippen LogP contribution in [0.15, 0.2) is 4.99 Å². The second-order valence-electron chi connectivity index (χ2n) is 4.57. The molecule has 1 aliphatic rings. The maximum atomic E-state index is 5.32. The van der Waals surface area contributed by atoms with E-state index in [4.69, 9.17) is 9.47 Å². The van der Waals surface area contributed by atoms with Gasteiger partial charge in [0.1, 0.15) is 0 Å². The molecule has 2 atom stereocenters. The molecule has 0 aromatic carbocycles. The molecule has 0 saturated heterocycles. The summed E-state index contributed by atoms with van der Waals surface area (Å²) in [5, 5.41) is 5.06. The second kappa shape index (κ2) is 8.77. The first kappa shape index (κ1) is 15.8. The van der Waals surface area contributed by atoms with Crippen LogP contribution in [-0.2, 0) is 9.47 Å². The van der Waals surface area contributed by atoms with Crippen molar-refractivity contribution in [2.24, 2.45) is 10.9 Å². The van der Waals surface area contributed by atoms with E-state index in [0.717, 1.165) is 24.2 Å². The highest BCUT2D eigenvalue weighted by molar-refractivity contribution is 8.14. The zero-order valence-electron chi connectivity index (χ0n) is 11.9. The number of aliphatic imine (C=N–C) groups is 1. The largest absolute Gasteiger partial charge is 0.382 e. The number of rotatable bonds is 8. The Morgan fingerprint density at radius 2 is 2.11 bits per heavy atom. The summed E-state index contributed by atoms with van der Waals surface area (Å²) in [6, 6.07) is 0. The van der Waals surface area contributed by atoms with Crippen molar-refractivity contribution in [3.63, 3.8) is 0 Å². The van der Waals surface area contributed by atoms with Gasteiger partial charge < -0.3 is 14.8 Å². The van der Waals surface area contributed by atoms with Crippen LogP contribution in [0.2, 0.25) is 0 Å². The molecule has 1 heterocycles. The average Bonchev–Trinajstić information content (AvgIpc) is 2.85. The molecule has 0 radical (unpaired) electrons. The number of methoxy groups -OCH3 is 2. The van der Waals surface area contributed by atoms with Gasteiger partial charge in [0, 0.05) is 26.0 Å². The first-order valence-corrected chi connectivity index (χ1v) is 7.59. The molecule has 0 fully saturated rings. The van der Waals surface area contributed by atoms with Gasteiger partial charge in [-0.1, -0.05) is 38.5 Å². The van der Waals surface area contributed by atoms with Crippen LogP contribution in [0.4, 0.5) is 0 Å². The highest BCUT2D eigenvalue weighted by atomic mass is 32.2. The Morgan fingerprint density at radius 1 is 1.39 bits per heavy atom. The molecule has 5 heteroatoms. The van der Waals surface area contributed by atoms with E-state index in [1.54, 1.807) is 14.2 Å². The van der Waals surface area contributed by atoms with Crippen molar-refractivity contribution in [3.8, 4) is 0 Å². The molecule has 4 nitrogen and oxygen atoms in total. The van der Waals surface area contributed by atoms with Crippen molar-refractivity contribution in [1.82, 2.24) is 5.32 Å². The van der Waals surface area contributed by atoms with Gasteiger partial charge in [0.15, 0.2) is 5.17 Å². The molecule has 0 amide bonds. The SMILES string of the molecule is CCC(CC)C1CN=C(NCC(COC)OC)S1. The predicted molar refractivity (Wildman–Crippen MR) is 78.4 cm³/mol. The van der Waals surface area contributed by atoms with E-state index in [2.05, 4.69) is 24.2 Å². The molecule has 18 heavy (non-hydrogen) atoms. The Morgan fingerprint density at radius 3 is 2.67 bits per heavy atom. The quantitative estimate of drug-likeness (QED) is 0.736. The molecular formula is C13H26N2O2S. The van der Waals surface area contributed by atoms with Crippen molar-refractivity contribution < 1.29 is 9.47 Å². The lowest BCUT2D eigenvalue weighted by molar-refractivity contribution is 0.0316. The molecule has 0 bridgehead atoms. The Balaban J connectivity index is 2.29. The third kappa shape index (κ3) is 4.78. The lowest BCUT2D eigenvalue weighted by atomic mass is 9.99. The summed E-state index contributed by atoms with van der Waals surface area (Å²) in [6.45, 7) is 6.84. The molecule has 0 saturated carbocycles. The topological polar surface area (TPSA) is 42.9 Å². The number of nitrogens with one attached hydrogen (secondary N) is 1. The molecule has 0 aromatic rings. The van der Waals surface area contributed by atoms with Gasteiger partial charge in [-0.2, -0.15) is 0 Å². The molecule has 1 rings (SSSR count). The van der Waals surface area contributed by atoms with Gasteiger partial charge in [0.2, 0.25) is 0 Å². The van der Waals surface area contributed by atoms with Crippen LogP contribution in [0.1, 0.15) is 26.7 Å². The summed E-state index contributed by atoms with van der Waals surface area (Å²) < 4.78 is 10.4. The van der Waals surface area contributed by atoms with E-state index in [1.807, 2.05) is 11.8 Å². The number of nitrogens with zero attached hydrogens (tertiary/aromatic N) is 1. The van der Waals surface area contributed by atoms with Gasteiger partial charge in [-0.15, -0.1) is 0 Å². The van der Waals surface area contributed by atoms with Gasteiger partial charge in [-0.25, -0.2) is 0 Å². The van der Waals surface area contributed by atoms with Crippen molar-refractivity contribution >= 4 is 16.9 Å². The molecule has 0 aromatic heterocycles. The van der Waals surface area contributed by atoms with E-state index in [0.29, 0.717) is 11.9 Å². The third-order valence-electron chi connectivity index (χ3n) is 3.42. The van der Waals surface area contributed by atoms with Crippen LogP contribution in [-0.4, -0.2) is 50.4 Å². The maximum Gasteiger partial charge on any atom is 0.157 e. The number of amidine groups is 1. The number of thioether (sulfide) groups is 1. The predicted octanol–water partition coefficient (Wildman–Crippen LogP) is 2.14. The molecule has 106 valence electrons. The normalized spacial score (nSPS) is 21.2. The fourth-order valence-corrected chi connectivity index (χ4v) is 3.47. The smallest absolute Gasteiger partial charge is 0.157 e. The molecule has 1 aliphatic heterocycles. The van der Waals surface area contributed by atoms with Crippen LogP contribution in [0.25, 0.3) is 0 Å². The zero-order chi connectivity index (χ0) is 13.4. The van der Waals surface area contributed by atoms with E-state index >= 15 is 0 Å². The van der Waals surface area contributed by atoms with E-state index < -0.39 is 0 Å². The van der Waals surface area contributed by atoms with Gasteiger partial charge in [0.05, 0.1) is 19.3 Å². The van der Waals surface area contributed by atoms with E-state index in [9.17, 15) is 0 Å². The van der Waals surface area contributed by atoms with E-state index in [-0.39, 0.29) is 6.10 Å². The fourth-order valence-electron chi connectivity index (χ4n) is 2.15. The van der Waals surface area contributed by atoms with Crippen molar-refractivity contribution in [1.29, 1.82) is 0 Å². The lowest BCUT2D eigenvalue weighted by Gasteiger charge is -2.19. The third-order valence-corrected chi connectivity index (χ3v) is 4.75. The molecule has 0 spiro atoms. The number of hydrogen-bond acceptors (Lipinski definition) is 5. The van der Waals surface area contributed by atoms with Crippen molar-refractivity contribution in [2.45, 2.75) is 38.0 Å². The first-order valence-electron chi connectivity index (χ1n) is 6.71. The zero-order valence-corrected chi connectivity index (χ0v) is 12.8. The molecular weight excluding hydrogens is 248 g/mol. The van der Waals surface area contributed by atoms with Crippen LogP contribution in [0.3, 0.4) is 0 Å². The maximum absolute atomic E-state index is 5.32. The van der Waals surface area contributed by atoms with Gasteiger partial charge >= 0.3 is 0 Å². The van der Waals surface area contributed by atoms with Crippen LogP contribution in [0.5, 0.6) is 0 Å². The number of hydrogen-bond donors (Lipinski definition) is 1. The average molecular weight is 274 g/mol. The molecule has 0 aliphatic carbocycles. The standard InChI is InChI=1S/C13H26N2O2S/c1-5-10(6-2)12-8-15-13(18-12)14-7-11(17-4)9-16-3/h10-12H,5-9H2,1-4H3,(H,14,15). The fraction of sp³-hybridized carbons (Fsp3) is 0.923. The van der Waals surface area contributed by atoms with Gasteiger partial charge in [0.25, 0.3) is 0 Å². The molecule has 1 N–H and O–H groups in total. The van der Waals surface area contributed by atoms with E-state index in [1.165, 1.54) is 12.8 Å². The van der Waals surface area contributed by atoms with Gasteiger partial charge in [-0.05, 0) is 5.92 Å². The lowest BCUT2D eigenvalue weighted by Crippen LogP contribution is -2.34. The minimum atomic E-state index is 0.0884. The Bertz CT molecular complexity index is 257. The molecule has 2 unspecified atom stereocenters. The Kier molecular flexibility index (Phi) is 7.70.